The first kappa shape index (κ1) is 22.7. The molecule has 0 saturated carbocycles. The molecule has 2 fully saturated rings. The fourth-order valence-corrected chi connectivity index (χ4v) is 4.82. The first-order chi connectivity index (χ1) is 15.6. The summed E-state index contributed by atoms with van der Waals surface area (Å²) in [4.78, 5) is 19.2. The Kier molecular flexibility index (Phi) is 7.42. The van der Waals surface area contributed by atoms with Crippen LogP contribution in [0.2, 0.25) is 0 Å². The molecule has 8 nitrogen and oxygen atoms in total. The van der Waals surface area contributed by atoms with Crippen molar-refractivity contribution in [2.24, 2.45) is 5.92 Å². The van der Waals surface area contributed by atoms with E-state index in [9.17, 15) is 4.79 Å². The van der Waals surface area contributed by atoms with Crippen molar-refractivity contribution >= 4 is 5.91 Å². The molecule has 2 saturated heterocycles. The zero-order chi connectivity index (χ0) is 22.4. The van der Waals surface area contributed by atoms with Crippen LogP contribution in [0.4, 0.5) is 0 Å². The molecule has 2 aliphatic heterocycles. The third kappa shape index (κ3) is 5.66. The molecule has 0 N–H and O–H groups in total. The molecule has 1 spiro atoms. The highest BCUT2D eigenvalue weighted by Crippen LogP contribution is 2.38. The molecule has 1 amide bonds. The molecule has 8 heteroatoms. The van der Waals surface area contributed by atoms with Crippen LogP contribution in [0.3, 0.4) is 0 Å². The van der Waals surface area contributed by atoms with E-state index in [4.69, 9.17) is 18.7 Å². The Morgan fingerprint density at radius 2 is 2.00 bits per heavy atom. The first-order valence-electron chi connectivity index (χ1n) is 11.4. The van der Waals surface area contributed by atoms with Gasteiger partial charge in [0.15, 0.2) is 5.82 Å². The van der Waals surface area contributed by atoms with Crippen molar-refractivity contribution < 1.29 is 23.5 Å². The van der Waals surface area contributed by atoms with Crippen LogP contribution >= 0.6 is 0 Å². The summed E-state index contributed by atoms with van der Waals surface area (Å²) < 4.78 is 21.9. The lowest BCUT2D eigenvalue weighted by Gasteiger charge is -2.46. The number of carbonyl (C=O) groups excluding carboxylic acids is 1. The van der Waals surface area contributed by atoms with Gasteiger partial charge in [0.25, 0.3) is 0 Å². The molecule has 2 aliphatic rings. The van der Waals surface area contributed by atoms with Crippen LogP contribution in [0, 0.1) is 5.92 Å². The van der Waals surface area contributed by atoms with Crippen LogP contribution in [-0.4, -0.2) is 60.5 Å². The van der Waals surface area contributed by atoms with E-state index in [2.05, 4.69) is 10.1 Å². The Bertz CT molecular complexity index is 874. The lowest BCUT2D eigenvalue weighted by molar-refractivity contribution is -0.147. The van der Waals surface area contributed by atoms with E-state index >= 15 is 0 Å². The minimum Gasteiger partial charge on any atom is -0.497 e. The number of likely N-dealkylation sites (tertiary alicyclic amines) is 1. The van der Waals surface area contributed by atoms with Crippen molar-refractivity contribution in [1.82, 2.24) is 15.0 Å². The number of piperidine rings is 1. The van der Waals surface area contributed by atoms with Crippen molar-refractivity contribution in [1.29, 1.82) is 0 Å². The molecule has 32 heavy (non-hydrogen) atoms. The minimum atomic E-state index is -0.134. The second kappa shape index (κ2) is 10.4. The van der Waals surface area contributed by atoms with Gasteiger partial charge in [-0.1, -0.05) is 17.3 Å². The van der Waals surface area contributed by atoms with E-state index in [1.54, 1.807) is 14.2 Å². The van der Waals surface area contributed by atoms with Gasteiger partial charge in [-0.25, -0.2) is 0 Å². The average Bonchev–Trinajstić information content (AvgIpc) is 3.25. The van der Waals surface area contributed by atoms with Gasteiger partial charge in [0.05, 0.1) is 12.7 Å². The van der Waals surface area contributed by atoms with E-state index < -0.39 is 0 Å². The van der Waals surface area contributed by atoms with Gasteiger partial charge in [0, 0.05) is 39.6 Å². The van der Waals surface area contributed by atoms with Crippen LogP contribution in [0.15, 0.2) is 28.8 Å². The van der Waals surface area contributed by atoms with Gasteiger partial charge in [-0.2, -0.15) is 4.98 Å². The van der Waals surface area contributed by atoms with Gasteiger partial charge in [0.1, 0.15) is 12.4 Å². The molecule has 0 bridgehead atoms. The number of ether oxygens (including phenoxy) is 3. The Morgan fingerprint density at radius 1 is 1.22 bits per heavy atom. The number of hydrogen-bond acceptors (Lipinski definition) is 7. The van der Waals surface area contributed by atoms with E-state index in [1.165, 1.54) is 0 Å². The number of methoxy groups -OCH3 is 2. The Labute approximate surface area is 189 Å². The standard InChI is InChI=1S/C24H33N3O5/c1-29-17-21-25-22(32-26-21)15-19-9-14-31-24(16-19)10-12-27(13-11-24)23(28)8-5-18-3-6-20(30-2)7-4-18/h3-4,6-7,19H,5,8-17H2,1-2H3. The van der Waals surface area contributed by atoms with E-state index in [0.29, 0.717) is 30.7 Å². The quantitative estimate of drug-likeness (QED) is 0.619. The lowest BCUT2D eigenvalue weighted by atomic mass is 9.78. The number of hydrogen-bond donors (Lipinski definition) is 0. The summed E-state index contributed by atoms with van der Waals surface area (Å²) in [6, 6.07) is 7.92. The lowest BCUT2D eigenvalue weighted by Crippen LogP contribution is -2.51. The molecule has 1 atom stereocenters. The van der Waals surface area contributed by atoms with Gasteiger partial charge in [-0.3, -0.25) is 4.79 Å². The van der Waals surface area contributed by atoms with Crippen LogP contribution in [0.25, 0.3) is 0 Å². The maximum absolute atomic E-state index is 12.7. The molecule has 2 aromatic rings. The smallest absolute Gasteiger partial charge is 0.227 e. The van der Waals surface area contributed by atoms with E-state index in [1.807, 2.05) is 29.2 Å². The molecule has 1 aromatic heterocycles. The number of benzene rings is 1. The molecule has 1 unspecified atom stereocenters. The summed E-state index contributed by atoms with van der Waals surface area (Å²) >= 11 is 0. The number of aryl methyl sites for hydroxylation is 1. The molecule has 0 radical (unpaired) electrons. The van der Waals surface area contributed by atoms with Gasteiger partial charge in [-0.15, -0.1) is 0 Å². The number of nitrogens with zero attached hydrogens (tertiary/aromatic N) is 3. The summed E-state index contributed by atoms with van der Waals surface area (Å²) in [6.45, 7) is 2.62. The van der Waals surface area contributed by atoms with Crippen LogP contribution < -0.4 is 4.74 Å². The number of rotatable bonds is 8. The molecule has 4 rings (SSSR count). The molecule has 1 aromatic carbocycles. The SMILES string of the molecule is COCc1noc(CC2CCOC3(CCN(C(=O)CCc4ccc(OC)cc4)CC3)C2)n1. The van der Waals surface area contributed by atoms with Crippen molar-refractivity contribution in [2.75, 3.05) is 33.9 Å². The highest BCUT2D eigenvalue weighted by atomic mass is 16.5. The zero-order valence-corrected chi connectivity index (χ0v) is 19.0. The van der Waals surface area contributed by atoms with Crippen LogP contribution in [0.1, 0.15) is 49.4 Å². The maximum Gasteiger partial charge on any atom is 0.227 e. The molecule has 174 valence electrons. The van der Waals surface area contributed by atoms with Crippen molar-refractivity contribution in [3.8, 4) is 5.75 Å². The van der Waals surface area contributed by atoms with E-state index in [-0.39, 0.29) is 11.5 Å². The van der Waals surface area contributed by atoms with Crippen molar-refractivity contribution in [3.63, 3.8) is 0 Å². The van der Waals surface area contributed by atoms with Gasteiger partial charge in [0.2, 0.25) is 11.8 Å². The fourth-order valence-electron chi connectivity index (χ4n) is 4.82. The van der Waals surface area contributed by atoms with Gasteiger partial charge in [-0.05, 0) is 55.7 Å². The van der Waals surface area contributed by atoms with Crippen LogP contribution in [0.5, 0.6) is 5.75 Å². The second-order valence-electron chi connectivity index (χ2n) is 8.86. The maximum atomic E-state index is 12.7. The summed E-state index contributed by atoms with van der Waals surface area (Å²) in [5, 5.41) is 3.96. The number of carbonyl (C=O) groups is 1. The number of aromatic nitrogens is 2. The molecule has 0 aliphatic carbocycles. The minimum absolute atomic E-state index is 0.134. The van der Waals surface area contributed by atoms with Crippen LogP contribution in [-0.2, 0) is 33.7 Å². The van der Waals surface area contributed by atoms with Gasteiger partial charge >= 0.3 is 0 Å². The largest absolute Gasteiger partial charge is 0.497 e. The average molecular weight is 444 g/mol. The monoisotopic (exact) mass is 443 g/mol. The predicted octanol–water partition coefficient (Wildman–Crippen LogP) is 3.19. The summed E-state index contributed by atoms with van der Waals surface area (Å²) in [7, 11) is 3.28. The number of amides is 1. The van der Waals surface area contributed by atoms with Crippen molar-refractivity contribution in [3.05, 3.63) is 41.5 Å². The summed E-state index contributed by atoms with van der Waals surface area (Å²) in [5.41, 5.74) is 1.02. The second-order valence-corrected chi connectivity index (χ2v) is 8.86. The highest BCUT2D eigenvalue weighted by Gasteiger charge is 2.41. The molecular weight excluding hydrogens is 410 g/mol. The zero-order valence-electron chi connectivity index (χ0n) is 19.0. The Morgan fingerprint density at radius 3 is 2.72 bits per heavy atom. The molecule has 3 heterocycles. The predicted molar refractivity (Wildman–Crippen MR) is 117 cm³/mol. The third-order valence-electron chi connectivity index (χ3n) is 6.66. The van der Waals surface area contributed by atoms with Gasteiger partial charge < -0.3 is 23.6 Å². The van der Waals surface area contributed by atoms with E-state index in [0.717, 1.165) is 69.5 Å². The first-order valence-corrected chi connectivity index (χ1v) is 11.4. The fraction of sp³-hybridized carbons (Fsp3) is 0.625. The summed E-state index contributed by atoms with van der Waals surface area (Å²) in [6.07, 6.45) is 5.79. The Balaban J connectivity index is 1.24. The Hall–Kier alpha value is -2.45. The summed E-state index contributed by atoms with van der Waals surface area (Å²) in [5.74, 6) is 2.77. The normalized spacial score (nSPS) is 20.4. The highest BCUT2D eigenvalue weighted by molar-refractivity contribution is 5.76. The topological polar surface area (TPSA) is 86.9 Å². The van der Waals surface area contributed by atoms with Crippen molar-refractivity contribution in [2.45, 2.75) is 57.2 Å². The molecular formula is C24H33N3O5. The third-order valence-corrected chi connectivity index (χ3v) is 6.66.